The molecule has 2 bridgehead atoms. The van der Waals surface area contributed by atoms with Gasteiger partial charge in [0.05, 0.1) is 15.9 Å². The maximum atomic E-state index is 13.2. The number of aliphatic hydroxyl groups is 1. The van der Waals surface area contributed by atoms with Crippen LogP contribution in [0.25, 0.3) is 0 Å². The van der Waals surface area contributed by atoms with Gasteiger partial charge in [-0.15, -0.1) is 6.58 Å². The molecule has 2 aromatic carbocycles. The molecule has 0 aromatic heterocycles. The van der Waals surface area contributed by atoms with E-state index < -0.39 is 28.2 Å². The van der Waals surface area contributed by atoms with E-state index in [1.54, 1.807) is 6.07 Å². The van der Waals surface area contributed by atoms with Crippen molar-refractivity contribution in [3.05, 3.63) is 70.3 Å². The van der Waals surface area contributed by atoms with Crippen molar-refractivity contribution >= 4 is 17.6 Å². The summed E-state index contributed by atoms with van der Waals surface area (Å²) in [5, 5.41) is 23.3. The molecule has 0 amide bonds. The normalized spacial score (nSPS) is 34.7. The summed E-state index contributed by atoms with van der Waals surface area (Å²) in [4.78, 5) is 38.4. The first-order valence-electron chi connectivity index (χ1n) is 12.7. The number of nitro benzene ring substituents is 1. The van der Waals surface area contributed by atoms with Gasteiger partial charge in [-0.05, 0) is 55.5 Å². The molecule has 2 unspecified atom stereocenters. The number of ketones is 1. The third-order valence-electron chi connectivity index (χ3n) is 9.55. The Balaban J connectivity index is 1.24. The van der Waals surface area contributed by atoms with Crippen molar-refractivity contribution in [3.8, 4) is 17.2 Å². The van der Waals surface area contributed by atoms with Crippen molar-refractivity contribution in [2.45, 2.75) is 48.8 Å². The van der Waals surface area contributed by atoms with Crippen LogP contribution in [0.2, 0.25) is 0 Å². The van der Waals surface area contributed by atoms with Crippen LogP contribution in [0.3, 0.4) is 0 Å². The number of hydrogen-bond donors (Lipinski definition) is 1. The topological polar surface area (TPSA) is 128 Å². The predicted octanol–water partition coefficient (Wildman–Crippen LogP) is 3.33. The molecule has 38 heavy (non-hydrogen) atoms. The lowest BCUT2D eigenvalue weighted by Crippen LogP contribution is -2.64. The molecule has 1 aliphatic heterocycles. The number of fused-ring (bicyclic) bond motifs is 1. The number of non-ortho nitro benzene ring substituents is 1. The number of carbonyl (C=O) groups excluding carboxylic acids is 2. The first-order valence-corrected chi connectivity index (χ1v) is 12.7. The fourth-order valence-electron chi connectivity index (χ4n) is 8.43. The Bertz CT molecular complexity index is 1440. The van der Waals surface area contributed by atoms with Crippen LogP contribution in [0.4, 0.5) is 10.5 Å². The molecule has 5 aliphatic rings. The molecule has 2 spiro atoms. The van der Waals surface area contributed by atoms with Crippen LogP contribution in [0.1, 0.15) is 30.4 Å². The van der Waals surface area contributed by atoms with E-state index in [9.17, 15) is 24.8 Å². The number of hydrogen-bond acceptors (Lipinski definition) is 9. The highest BCUT2D eigenvalue weighted by Crippen LogP contribution is 2.83. The molecule has 196 valence electrons. The summed E-state index contributed by atoms with van der Waals surface area (Å²) >= 11 is 0. The first kappa shape index (κ1) is 23.4. The van der Waals surface area contributed by atoms with Crippen LogP contribution in [-0.4, -0.2) is 58.2 Å². The molecule has 0 radical (unpaired) electrons. The first-order chi connectivity index (χ1) is 18.2. The lowest BCUT2D eigenvalue weighted by Gasteiger charge is -2.50. The summed E-state index contributed by atoms with van der Waals surface area (Å²) in [6.45, 7) is 4.58. The Hall–Kier alpha value is -3.76. The second-order valence-corrected chi connectivity index (χ2v) is 11.2. The van der Waals surface area contributed by atoms with Gasteiger partial charge in [0.2, 0.25) is 0 Å². The maximum Gasteiger partial charge on any atom is 0.519 e. The SMILES string of the molecule is C=CCN(C)[C@@H]1[C@@H]2C13Cc1ccc(OC(=O)Oc4ccc([N+](=O)[O-])cc4)c4c1[C@@]1(C3)[C@@H](O4)C(=O)CCC21O. The van der Waals surface area contributed by atoms with Gasteiger partial charge in [0.25, 0.3) is 5.69 Å². The number of Topliss-reactive ketones (excluding diaryl/α,β-unsaturated/α-hetero) is 1. The van der Waals surface area contributed by atoms with Gasteiger partial charge >= 0.3 is 6.16 Å². The van der Waals surface area contributed by atoms with Crippen LogP contribution >= 0.6 is 0 Å². The average Bonchev–Trinajstić information content (AvgIpc) is 3.28. The molecule has 4 aliphatic carbocycles. The second-order valence-electron chi connectivity index (χ2n) is 11.2. The molecular weight excluding hydrogens is 492 g/mol. The summed E-state index contributed by atoms with van der Waals surface area (Å²) in [6.07, 6.45) is 1.98. The van der Waals surface area contributed by atoms with E-state index in [-0.39, 0.29) is 46.8 Å². The van der Waals surface area contributed by atoms with E-state index in [1.807, 2.05) is 12.1 Å². The Kier molecular flexibility index (Phi) is 4.56. The minimum absolute atomic E-state index is 0.00831. The number of nitro groups is 1. The minimum atomic E-state index is -1.11. The third kappa shape index (κ3) is 2.69. The molecule has 2 aromatic rings. The molecule has 10 heteroatoms. The monoisotopic (exact) mass is 518 g/mol. The highest BCUT2D eigenvalue weighted by Gasteiger charge is 2.89. The zero-order valence-electron chi connectivity index (χ0n) is 20.7. The molecule has 7 rings (SSSR count). The third-order valence-corrected chi connectivity index (χ3v) is 9.55. The number of ether oxygens (including phenoxy) is 3. The highest BCUT2D eigenvalue weighted by atomic mass is 16.7. The van der Waals surface area contributed by atoms with E-state index in [0.717, 1.165) is 17.5 Å². The van der Waals surface area contributed by atoms with Crippen LogP contribution in [0.5, 0.6) is 17.2 Å². The summed E-state index contributed by atoms with van der Waals surface area (Å²) in [5.74, 6) is 0.472. The number of rotatable bonds is 6. The Morgan fingerprint density at radius 2 is 2.05 bits per heavy atom. The van der Waals surface area contributed by atoms with Gasteiger partial charge in [0, 0.05) is 42.6 Å². The lowest BCUT2D eigenvalue weighted by atomic mass is 9.55. The largest absolute Gasteiger partial charge is 0.519 e. The smallest absolute Gasteiger partial charge is 0.477 e. The van der Waals surface area contributed by atoms with Gasteiger partial charge in [-0.1, -0.05) is 12.1 Å². The Labute approximate surface area is 217 Å². The van der Waals surface area contributed by atoms with E-state index in [4.69, 9.17) is 14.2 Å². The van der Waals surface area contributed by atoms with Crippen molar-refractivity contribution < 1.29 is 33.8 Å². The van der Waals surface area contributed by atoms with Crippen molar-refractivity contribution in [2.24, 2.45) is 11.3 Å². The maximum absolute atomic E-state index is 13.2. The number of likely N-dealkylation sites (N-methyl/N-ethyl adjacent to an activating group) is 1. The fraction of sp³-hybridized carbons (Fsp3) is 0.429. The van der Waals surface area contributed by atoms with Crippen LogP contribution < -0.4 is 14.2 Å². The van der Waals surface area contributed by atoms with E-state index in [0.29, 0.717) is 25.1 Å². The molecule has 3 saturated carbocycles. The zero-order valence-corrected chi connectivity index (χ0v) is 20.7. The Morgan fingerprint density at radius 1 is 1.29 bits per heavy atom. The number of carbonyl (C=O) groups is 2. The predicted molar refractivity (Wildman–Crippen MR) is 132 cm³/mol. The lowest BCUT2D eigenvalue weighted by molar-refractivity contribution is -0.384. The number of benzene rings is 2. The van der Waals surface area contributed by atoms with Crippen molar-refractivity contribution in [1.82, 2.24) is 4.90 Å². The summed E-state index contributed by atoms with van der Waals surface area (Å²) < 4.78 is 17.0. The minimum Gasteiger partial charge on any atom is -0.477 e. The molecule has 6 atom stereocenters. The van der Waals surface area contributed by atoms with Gasteiger partial charge in [0.1, 0.15) is 5.75 Å². The molecule has 0 saturated heterocycles. The zero-order chi connectivity index (χ0) is 26.6. The van der Waals surface area contributed by atoms with Gasteiger partial charge in [-0.3, -0.25) is 19.8 Å². The van der Waals surface area contributed by atoms with E-state index in [2.05, 4.69) is 18.5 Å². The Morgan fingerprint density at radius 3 is 2.76 bits per heavy atom. The number of nitrogens with zero attached hydrogens (tertiary/aromatic N) is 2. The van der Waals surface area contributed by atoms with Gasteiger partial charge in [-0.25, -0.2) is 4.79 Å². The van der Waals surface area contributed by atoms with E-state index >= 15 is 0 Å². The van der Waals surface area contributed by atoms with Crippen molar-refractivity contribution in [1.29, 1.82) is 0 Å². The highest BCUT2D eigenvalue weighted by molar-refractivity contribution is 5.91. The summed E-state index contributed by atoms with van der Waals surface area (Å²) in [6, 6.07) is 8.78. The van der Waals surface area contributed by atoms with Crippen LogP contribution in [0.15, 0.2) is 49.1 Å². The van der Waals surface area contributed by atoms with Crippen molar-refractivity contribution in [2.75, 3.05) is 13.6 Å². The van der Waals surface area contributed by atoms with E-state index in [1.165, 1.54) is 24.3 Å². The van der Waals surface area contributed by atoms with Gasteiger partial charge < -0.3 is 19.3 Å². The summed E-state index contributed by atoms with van der Waals surface area (Å²) in [7, 11) is 2.06. The average molecular weight is 519 g/mol. The quantitative estimate of drug-likeness (QED) is 0.201. The fourth-order valence-corrected chi connectivity index (χ4v) is 8.43. The molecule has 1 heterocycles. The van der Waals surface area contributed by atoms with Crippen LogP contribution in [0, 0.1) is 21.4 Å². The molecule has 10 nitrogen and oxygen atoms in total. The standard InChI is InChI=1S/C28H26N2O8/c1-3-12-29(2)23-22-26(23)13-15-4-9-19(37-25(32)36-17-7-5-16(6-8-17)30(34)35)21-20(15)27(14-26)24(38-21)18(31)10-11-28(22,27)33/h3-9,22-24,33H,1,10-14H2,2H3/t22-,23-,24+,26?,27+,28?/m1/s1. The second kappa shape index (κ2) is 7.42. The summed E-state index contributed by atoms with van der Waals surface area (Å²) in [5.41, 5.74) is -0.476. The van der Waals surface area contributed by atoms with Crippen molar-refractivity contribution in [3.63, 3.8) is 0 Å². The molecule has 3 fully saturated rings. The van der Waals surface area contributed by atoms with Gasteiger partial charge in [0.15, 0.2) is 23.4 Å². The molecule has 1 N–H and O–H groups in total. The molecular formula is C28H26N2O8. The van der Waals surface area contributed by atoms with Crippen LogP contribution in [-0.2, 0) is 16.6 Å². The van der Waals surface area contributed by atoms with Gasteiger partial charge in [-0.2, -0.15) is 0 Å².